The van der Waals surface area contributed by atoms with E-state index in [2.05, 4.69) is 41.5 Å². The van der Waals surface area contributed by atoms with E-state index in [0.717, 1.165) is 23.7 Å². The predicted octanol–water partition coefficient (Wildman–Crippen LogP) is 5.77. The standard InChI is InChI=1S/C14H30.CH4/c1-7-13(5)14(6)9-8-12(4)10-11(2)3;/h11-14H,7-10H2,1-6H3;1H4. The Morgan fingerprint density at radius 3 is 1.73 bits per heavy atom. The van der Waals surface area contributed by atoms with E-state index < -0.39 is 0 Å². The zero-order chi connectivity index (χ0) is 11.1. The van der Waals surface area contributed by atoms with E-state index in [1.54, 1.807) is 0 Å². The second-order valence-corrected chi connectivity index (χ2v) is 5.67. The van der Waals surface area contributed by atoms with Crippen molar-refractivity contribution in [3.63, 3.8) is 0 Å². The average molecular weight is 214 g/mol. The third-order valence-electron chi connectivity index (χ3n) is 3.60. The Bertz CT molecular complexity index is 126. The van der Waals surface area contributed by atoms with Gasteiger partial charge >= 0.3 is 0 Å². The summed E-state index contributed by atoms with van der Waals surface area (Å²) in [6.45, 7) is 14.2. The van der Waals surface area contributed by atoms with Crippen molar-refractivity contribution < 1.29 is 0 Å². The largest absolute Gasteiger partial charge is 0.0776 e. The monoisotopic (exact) mass is 214 g/mol. The molecule has 0 saturated heterocycles. The number of rotatable bonds is 7. The molecule has 0 bridgehead atoms. The molecule has 3 atom stereocenters. The molecule has 0 radical (unpaired) electrons. The summed E-state index contributed by atoms with van der Waals surface area (Å²) in [6, 6.07) is 0. The van der Waals surface area contributed by atoms with Crippen LogP contribution in [0.5, 0.6) is 0 Å². The van der Waals surface area contributed by atoms with Crippen molar-refractivity contribution >= 4 is 0 Å². The molecule has 0 nitrogen and oxygen atoms in total. The topological polar surface area (TPSA) is 0 Å². The molecule has 0 aliphatic rings. The van der Waals surface area contributed by atoms with E-state index in [-0.39, 0.29) is 7.43 Å². The summed E-state index contributed by atoms with van der Waals surface area (Å²) in [7, 11) is 0. The smallest absolute Gasteiger partial charge is 0.0417 e. The lowest BCUT2D eigenvalue weighted by molar-refractivity contribution is 0.308. The van der Waals surface area contributed by atoms with Crippen LogP contribution in [0, 0.1) is 23.7 Å². The first kappa shape index (κ1) is 17.4. The van der Waals surface area contributed by atoms with Gasteiger partial charge in [0.15, 0.2) is 0 Å². The van der Waals surface area contributed by atoms with Gasteiger partial charge in [-0.2, -0.15) is 0 Å². The fourth-order valence-electron chi connectivity index (χ4n) is 2.16. The van der Waals surface area contributed by atoms with Crippen LogP contribution < -0.4 is 0 Å². The average Bonchev–Trinajstić information content (AvgIpc) is 2.11. The van der Waals surface area contributed by atoms with Crippen molar-refractivity contribution in [1.82, 2.24) is 0 Å². The molecule has 3 unspecified atom stereocenters. The molecule has 15 heavy (non-hydrogen) atoms. The zero-order valence-corrected chi connectivity index (χ0v) is 11.1. The van der Waals surface area contributed by atoms with Crippen LogP contribution >= 0.6 is 0 Å². The fourth-order valence-corrected chi connectivity index (χ4v) is 2.16. The molecular weight excluding hydrogens is 180 g/mol. The van der Waals surface area contributed by atoms with Crippen LogP contribution in [0.4, 0.5) is 0 Å². The van der Waals surface area contributed by atoms with Crippen LogP contribution in [0.1, 0.15) is 74.7 Å². The van der Waals surface area contributed by atoms with Crippen molar-refractivity contribution in [2.75, 3.05) is 0 Å². The van der Waals surface area contributed by atoms with E-state index in [1.165, 1.54) is 25.7 Å². The summed E-state index contributed by atoms with van der Waals surface area (Å²) in [4.78, 5) is 0. The molecular formula is C15H34. The summed E-state index contributed by atoms with van der Waals surface area (Å²) in [5.41, 5.74) is 0. The van der Waals surface area contributed by atoms with Gasteiger partial charge in [0, 0.05) is 0 Å². The van der Waals surface area contributed by atoms with Crippen LogP contribution in [0.15, 0.2) is 0 Å². The third-order valence-corrected chi connectivity index (χ3v) is 3.60. The molecule has 0 aliphatic carbocycles. The number of hydrogen-bond donors (Lipinski definition) is 0. The highest BCUT2D eigenvalue weighted by molar-refractivity contribution is 4.64. The zero-order valence-electron chi connectivity index (χ0n) is 11.1. The normalized spacial score (nSPS) is 17.0. The van der Waals surface area contributed by atoms with E-state index >= 15 is 0 Å². The van der Waals surface area contributed by atoms with Gasteiger partial charge in [-0.25, -0.2) is 0 Å². The van der Waals surface area contributed by atoms with Crippen molar-refractivity contribution in [3.05, 3.63) is 0 Å². The third kappa shape index (κ3) is 8.96. The van der Waals surface area contributed by atoms with Crippen LogP contribution in [0.3, 0.4) is 0 Å². The van der Waals surface area contributed by atoms with Gasteiger partial charge in [0.2, 0.25) is 0 Å². The van der Waals surface area contributed by atoms with Gasteiger partial charge < -0.3 is 0 Å². The summed E-state index contributed by atoms with van der Waals surface area (Å²) >= 11 is 0. The molecule has 0 aromatic heterocycles. The Hall–Kier alpha value is 0. The molecule has 0 spiro atoms. The predicted molar refractivity (Wildman–Crippen MR) is 73.2 cm³/mol. The Morgan fingerprint density at radius 2 is 1.33 bits per heavy atom. The maximum Gasteiger partial charge on any atom is -0.0417 e. The minimum absolute atomic E-state index is 0. The van der Waals surface area contributed by atoms with E-state index in [4.69, 9.17) is 0 Å². The van der Waals surface area contributed by atoms with Crippen molar-refractivity contribution in [3.8, 4) is 0 Å². The Balaban J connectivity index is 0. The first-order valence-corrected chi connectivity index (χ1v) is 6.47. The van der Waals surface area contributed by atoms with Gasteiger partial charge in [0.1, 0.15) is 0 Å². The Morgan fingerprint density at radius 1 is 0.800 bits per heavy atom. The summed E-state index contributed by atoms with van der Waals surface area (Å²) in [5.74, 6) is 3.60. The quantitative estimate of drug-likeness (QED) is 0.505. The van der Waals surface area contributed by atoms with Crippen molar-refractivity contribution in [2.45, 2.75) is 74.7 Å². The molecule has 0 fully saturated rings. The fraction of sp³-hybridized carbons (Fsp3) is 1.00. The molecule has 94 valence electrons. The molecule has 0 heteroatoms. The summed E-state index contributed by atoms with van der Waals surface area (Å²) in [5, 5.41) is 0. The van der Waals surface area contributed by atoms with Crippen molar-refractivity contribution in [1.29, 1.82) is 0 Å². The van der Waals surface area contributed by atoms with Gasteiger partial charge in [0.05, 0.1) is 0 Å². The van der Waals surface area contributed by atoms with Gasteiger partial charge in [0.25, 0.3) is 0 Å². The number of hydrogen-bond acceptors (Lipinski definition) is 0. The molecule has 0 aromatic carbocycles. The van der Waals surface area contributed by atoms with Gasteiger partial charge in [-0.15, -0.1) is 0 Å². The molecule has 0 N–H and O–H groups in total. The lowest BCUT2D eigenvalue weighted by Gasteiger charge is -2.21. The molecule has 0 aliphatic heterocycles. The van der Waals surface area contributed by atoms with Crippen LogP contribution in [0.25, 0.3) is 0 Å². The lowest BCUT2D eigenvalue weighted by atomic mass is 9.85. The van der Waals surface area contributed by atoms with Crippen LogP contribution in [-0.4, -0.2) is 0 Å². The van der Waals surface area contributed by atoms with Crippen molar-refractivity contribution in [2.24, 2.45) is 23.7 Å². The maximum absolute atomic E-state index is 2.41. The summed E-state index contributed by atoms with van der Waals surface area (Å²) < 4.78 is 0. The molecule has 0 heterocycles. The van der Waals surface area contributed by atoms with Crippen LogP contribution in [0.2, 0.25) is 0 Å². The van der Waals surface area contributed by atoms with Gasteiger partial charge in [-0.05, 0) is 30.1 Å². The lowest BCUT2D eigenvalue weighted by Crippen LogP contribution is -2.09. The minimum atomic E-state index is 0. The first-order chi connectivity index (χ1) is 6.47. The minimum Gasteiger partial charge on any atom is -0.0776 e. The SMILES string of the molecule is C.CCC(C)C(C)CCC(C)CC(C)C. The second kappa shape index (κ2) is 9.24. The molecule has 0 amide bonds. The van der Waals surface area contributed by atoms with Gasteiger partial charge in [-0.1, -0.05) is 68.2 Å². The highest BCUT2D eigenvalue weighted by Gasteiger charge is 2.12. The van der Waals surface area contributed by atoms with E-state index in [1.807, 2.05) is 0 Å². The van der Waals surface area contributed by atoms with E-state index in [0.29, 0.717) is 0 Å². The second-order valence-electron chi connectivity index (χ2n) is 5.67. The van der Waals surface area contributed by atoms with E-state index in [9.17, 15) is 0 Å². The highest BCUT2D eigenvalue weighted by atomic mass is 14.2. The van der Waals surface area contributed by atoms with Gasteiger partial charge in [-0.3, -0.25) is 0 Å². The first-order valence-electron chi connectivity index (χ1n) is 6.47. The summed E-state index contributed by atoms with van der Waals surface area (Å²) in [6.07, 6.45) is 5.57. The molecule has 0 rings (SSSR count). The maximum atomic E-state index is 2.41. The Labute approximate surface area is 98.9 Å². The highest BCUT2D eigenvalue weighted by Crippen LogP contribution is 2.24. The Kier molecular flexibility index (Phi) is 10.7. The molecule has 0 aromatic rings. The molecule has 0 saturated carbocycles. The van der Waals surface area contributed by atoms with Crippen LogP contribution in [-0.2, 0) is 0 Å².